The number of piperidine rings is 1. The van der Waals surface area contributed by atoms with Crippen molar-refractivity contribution < 1.29 is 4.68 Å². The third-order valence-corrected chi connectivity index (χ3v) is 5.34. The Balaban J connectivity index is 1.59. The Kier molecular flexibility index (Phi) is 4.17. The number of aromatic nitrogens is 3. The highest BCUT2D eigenvalue weighted by Gasteiger charge is 2.17. The number of H-pyrrole nitrogens is 1. The molecule has 0 bridgehead atoms. The lowest BCUT2D eigenvalue weighted by molar-refractivity contribution is -0.730. The van der Waals surface area contributed by atoms with E-state index in [4.69, 9.17) is 0 Å². The fourth-order valence-corrected chi connectivity index (χ4v) is 3.59. The van der Waals surface area contributed by atoms with Gasteiger partial charge in [-0.3, -0.25) is 0 Å². The predicted octanol–water partition coefficient (Wildman–Crippen LogP) is 2.87. The molecule has 2 aromatic heterocycles. The lowest BCUT2D eigenvalue weighted by Gasteiger charge is -2.30. The van der Waals surface area contributed by atoms with Crippen molar-refractivity contribution in [3.8, 4) is 11.1 Å². The first-order valence-corrected chi connectivity index (χ1v) is 9.00. The number of aryl methyl sites for hydroxylation is 2. The molecule has 25 heavy (non-hydrogen) atoms. The molecule has 4 rings (SSSR count). The molecule has 1 fully saturated rings. The number of anilines is 1. The molecule has 3 heterocycles. The molecule has 0 radical (unpaired) electrons. The standard InChI is InChI=1S/C20H25N5/c1-14-19-12-16(13-21-20(19)23-25(14)3)15-5-4-6-18(11-15)22-17-7-9-24(2)10-8-17/h4-6,11-13,17,22H,7-10H2,1-3H3/p+1. The van der Waals surface area contributed by atoms with Gasteiger partial charge in [0.1, 0.15) is 0 Å². The number of aromatic amines is 1. The second kappa shape index (κ2) is 6.48. The topological polar surface area (TPSA) is 47.8 Å². The van der Waals surface area contributed by atoms with Gasteiger partial charge in [-0.2, -0.15) is 0 Å². The Morgan fingerprint density at radius 2 is 2.00 bits per heavy atom. The smallest absolute Gasteiger partial charge is 0.213 e. The number of benzene rings is 1. The van der Waals surface area contributed by atoms with E-state index >= 15 is 0 Å². The van der Waals surface area contributed by atoms with Gasteiger partial charge in [0.25, 0.3) is 0 Å². The molecule has 0 amide bonds. The van der Waals surface area contributed by atoms with Crippen LogP contribution in [0.4, 0.5) is 5.69 Å². The molecule has 0 atom stereocenters. The molecule has 0 aliphatic carbocycles. The summed E-state index contributed by atoms with van der Waals surface area (Å²) in [6.45, 7) is 4.45. The maximum Gasteiger partial charge on any atom is 0.213 e. The van der Waals surface area contributed by atoms with Crippen LogP contribution in [-0.4, -0.2) is 41.2 Å². The summed E-state index contributed by atoms with van der Waals surface area (Å²) in [5.74, 6) is 0. The molecular weight excluding hydrogens is 310 g/mol. The summed E-state index contributed by atoms with van der Waals surface area (Å²) in [5, 5.41) is 8.15. The fraction of sp³-hybridized carbons (Fsp3) is 0.400. The second-order valence-corrected chi connectivity index (χ2v) is 7.18. The average molecular weight is 336 g/mol. The van der Waals surface area contributed by atoms with Gasteiger partial charge in [0.2, 0.25) is 5.69 Å². The molecule has 0 unspecified atom stereocenters. The molecule has 5 heteroatoms. The summed E-state index contributed by atoms with van der Waals surface area (Å²) < 4.78 is 2.01. The Bertz CT molecular complexity index is 890. The summed E-state index contributed by atoms with van der Waals surface area (Å²) in [5.41, 5.74) is 5.69. The molecular formula is C20H26N5+. The van der Waals surface area contributed by atoms with Crippen molar-refractivity contribution in [1.29, 1.82) is 0 Å². The minimum Gasteiger partial charge on any atom is -0.382 e. The number of fused-ring (bicyclic) bond motifs is 1. The van der Waals surface area contributed by atoms with Gasteiger partial charge in [-0.15, -0.1) is 9.78 Å². The fourth-order valence-electron chi connectivity index (χ4n) is 3.59. The van der Waals surface area contributed by atoms with E-state index in [2.05, 4.69) is 64.6 Å². The van der Waals surface area contributed by atoms with Crippen molar-refractivity contribution in [2.45, 2.75) is 25.8 Å². The normalized spacial score (nSPS) is 16.4. The average Bonchev–Trinajstić information content (AvgIpc) is 2.91. The number of likely N-dealkylation sites (tertiary alicyclic amines) is 1. The summed E-state index contributed by atoms with van der Waals surface area (Å²) >= 11 is 0. The van der Waals surface area contributed by atoms with Crippen LogP contribution in [0.2, 0.25) is 0 Å². The van der Waals surface area contributed by atoms with Gasteiger partial charge in [0.15, 0.2) is 12.7 Å². The maximum atomic E-state index is 4.59. The van der Waals surface area contributed by atoms with Crippen LogP contribution in [0.25, 0.3) is 22.2 Å². The van der Waals surface area contributed by atoms with Crippen molar-refractivity contribution in [3.63, 3.8) is 0 Å². The first-order chi connectivity index (χ1) is 12.1. The number of rotatable bonds is 3. The molecule has 2 N–H and O–H groups in total. The van der Waals surface area contributed by atoms with Crippen LogP contribution < -0.4 is 10.00 Å². The minimum atomic E-state index is 0.568. The van der Waals surface area contributed by atoms with E-state index in [1.807, 2.05) is 17.9 Å². The van der Waals surface area contributed by atoms with Crippen molar-refractivity contribution in [3.05, 3.63) is 42.2 Å². The van der Waals surface area contributed by atoms with Gasteiger partial charge in [-0.05, 0) is 56.7 Å². The highest BCUT2D eigenvalue weighted by atomic mass is 15.3. The zero-order valence-electron chi connectivity index (χ0n) is 15.2. The SMILES string of the molecule is Cc1c2cc(-c3cccc(NC4CCN(C)CC4)c3)cnc2[nH][n+]1C. The summed E-state index contributed by atoms with van der Waals surface area (Å²) in [7, 11) is 4.21. The molecule has 0 spiro atoms. The molecule has 0 saturated carbocycles. The van der Waals surface area contributed by atoms with Gasteiger partial charge in [0.05, 0.1) is 5.39 Å². The Labute approximate surface area is 148 Å². The number of nitrogens with one attached hydrogen (secondary N) is 2. The zero-order valence-corrected chi connectivity index (χ0v) is 15.2. The molecule has 1 aromatic carbocycles. The van der Waals surface area contributed by atoms with Crippen LogP contribution in [0.15, 0.2) is 36.5 Å². The zero-order chi connectivity index (χ0) is 17.4. The number of nitrogens with zero attached hydrogens (tertiary/aromatic N) is 3. The van der Waals surface area contributed by atoms with E-state index in [0.717, 1.165) is 11.2 Å². The quantitative estimate of drug-likeness (QED) is 0.723. The maximum absolute atomic E-state index is 4.59. The van der Waals surface area contributed by atoms with E-state index < -0.39 is 0 Å². The Hall–Kier alpha value is -2.40. The van der Waals surface area contributed by atoms with Crippen molar-refractivity contribution in [1.82, 2.24) is 15.0 Å². The number of hydrogen-bond donors (Lipinski definition) is 2. The van der Waals surface area contributed by atoms with Gasteiger partial charge >= 0.3 is 0 Å². The minimum absolute atomic E-state index is 0.568. The summed E-state index contributed by atoms with van der Waals surface area (Å²) in [6.07, 6.45) is 4.35. The monoisotopic (exact) mass is 336 g/mol. The van der Waals surface area contributed by atoms with Gasteiger partial charge in [-0.1, -0.05) is 12.1 Å². The van der Waals surface area contributed by atoms with Gasteiger partial charge < -0.3 is 10.2 Å². The molecule has 1 saturated heterocycles. The third kappa shape index (κ3) is 3.24. The molecule has 5 nitrogen and oxygen atoms in total. The van der Waals surface area contributed by atoms with Gasteiger partial charge in [-0.25, -0.2) is 4.98 Å². The van der Waals surface area contributed by atoms with Crippen molar-refractivity contribution in [2.75, 3.05) is 25.5 Å². The van der Waals surface area contributed by atoms with Gasteiger partial charge in [0, 0.05) is 30.4 Å². The lowest BCUT2D eigenvalue weighted by atomic mass is 10.0. The Morgan fingerprint density at radius 3 is 2.80 bits per heavy atom. The van der Waals surface area contributed by atoms with E-state index in [1.165, 1.54) is 48.3 Å². The van der Waals surface area contributed by atoms with Crippen LogP contribution in [0.5, 0.6) is 0 Å². The number of pyridine rings is 1. The van der Waals surface area contributed by atoms with Crippen LogP contribution in [0.3, 0.4) is 0 Å². The van der Waals surface area contributed by atoms with E-state index in [-0.39, 0.29) is 0 Å². The van der Waals surface area contributed by atoms with Crippen LogP contribution >= 0.6 is 0 Å². The largest absolute Gasteiger partial charge is 0.382 e. The third-order valence-electron chi connectivity index (χ3n) is 5.34. The lowest BCUT2D eigenvalue weighted by Crippen LogP contribution is -2.36. The van der Waals surface area contributed by atoms with E-state index in [9.17, 15) is 0 Å². The van der Waals surface area contributed by atoms with E-state index in [1.54, 1.807) is 0 Å². The summed E-state index contributed by atoms with van der Waals surface area (Å²) in [4.78, 5) is 6.99. The van der Waals surface area contributed by atoms with Crippen LogP contribution in [0.1, 0.15) is 18.5 Å². The van der Waals surface area contributed by atoms with Crippen LogP contribution in [0, 0.1) is 6.92 Å². The Morgan fingerprint density at radius 1 is 1.20 bits per heavy atom. The van der Waals surface area contributed by atoms with Crippen molar-refractivity contribution >= 4 is 16.7 Å². The van der Waals surface area contributed by atoms with Crippen LogP contribution in [-0.2, 0) is 7.05 Å². The molecule has 130 valence electrons. The summed E-state index contributed by atoms with van der Waals surface area (Å²) in [6, 6.07) is 11.5. The highest BCUT2D eigenvalue weighted by molar-refractivity contribution is 5.82. The first kappa shape index (κ1) is 16.1. The van der Waals surface area contributed by atoms with E-state index in [0.29, 0.717) is 6.04 Å². The molecule has 1 aliphatic rings. The molecule has 1 aliphatic heterocycles. The second-order valence-electron chi connectivity index (χ2n) is 7.18. The number of hydrogen-bond acceptors (Lipinski definition) is 3. The highest BCUT2D eigenvalue weighted by Crippen LogP contribution is 2.26. The molecule has 3 aromatic rings. The van der Waals surface area contributed by atoms with Crippen molar-refractivity contribution in [2.24, 2.45) is 7.05 Å². The first-order valence-electron chi connectivity index (χ1n) is 9.00. The predicted molar refractivity (Wildman–Crippen MR) is 102 cm³/mol.